The summed E-state index contributed by atoms with van der Waals surface area (Å²) in [6.45, 7) is 15.7. The molecule has 2 aliphatic heterocycles. The molecule has 5 aliphatic carbocycles. The van der Waals surface area contributed by atoms with Crippen molar-refractivity contribution in [3.8, 4) is 0 Å². The molecule has 3 heterocycles. The number of aliphatic hydroxyl groups is 3. The SMILES string of the molecule is C[C@@H]1CC([C@H](O)C(C)(C)O)OC2[C@H]1C1(C)CCC34CC35CC[C@H](OC3CN(Cc6cocn6)CCO3)C(C)(C)[C@@H]5CCC4[C@]1(N)[C@H]2O. The number of ether oxygens (including phenoxy) is 3. The van der Waals surface area contributed by atoms with Crippen molar-refractivity contribution in [1.82, 2.24) is 9.88 Å². The molecule has 0 radical (unpaired) electrons. The van der Waals surface area contributed by atoms with Crippen LogP contribution in [0.1, 0.15) is 98.6 Å². The van der Waals surface area contributed by atoms with Gasteiger partial charge in [0.2, 0.25) is 0 Å². The summed E-state index contributed by atoms with van der Waals surface area (Å²) < 4.78 is 24.8. The van der Waals surface area contributed by atoms with E-state index in [1.165, 1.54) is 12.8 Å². The number of morpholine rings is 1. The van der Waals surface area contributed by atoms with Gasteiger partial charge in [-0.25, -0.2) is 4.98 Å². The van der Waals surface area contributed by atoms with E-state index in [0.29, 0.717) is 18.9 Å². The maximum absolute atomic E-state index is 12.3. The van der Waals surface area contributed by atoms with E-state index < -0.39 is 35.6 Å². The fraction of sp³-hybridized carbons (Fsp3) is 0.919. The van der Waals surface area contributed by atoms with E-state index >= 15 is 0 Å². The lowest BCUT2D eigenvalue weighted by atomic mass is 9.43. The Balaban J connectivity index is 1.01. The van der Waals surface area contributed by atoms with Gasteiger partial charge in [0, 0.05) is 13.1 Å². The van der Waals surface area contributed by atoms with Crippen LogP contribution in [0.2, 0.25) is 0 Å². The number of aromatic nitrogens is 1. The zero-order chi connectivity index (χ0) is 33.4. The maximum atomic E-state index is 12.3. The van der Waals surface area contributed by atoms with Crippen LogP contribution in [0, 0.1) is 45.3 Å². The van der Waals surface area contributed by atoms with Crippen LogP contribution in [-0.4, -0.2) is 92.8 Å². The minimum atomic E-state index is -1.28. The van der Waals surface area contributed by atoms with Crippen LogP contribution in [0.3, 0.4) is 0 Å². The topological polar surface area (TPSA) is 144 Å². The molecule has 7 unspecified atom stereocenters. The number of hydrogen-bond donors (Lipinski definition) is 4. The first-order chi connectivity index (χ1) is 22.1. The smallest absolute Gasteiger partial charge is 0.180 e. The fourth-order valence-electron chi connectivity index (χ4n) is 13.5. The lowest BCUT2D eigenvalue weighted by Gasteiger charge is -2.63. The van der Waals surface area contributed by atoms with Gasteiger partial charge in [0.25, 0.3) is 0 Å². The summed E-state index contributed by atoms with van der Waals surface area (Å²) in [7, 11) is 0. The molecule has 14 atom stereocenters. The summed E-state index contributed by atoms with van der Waals surface area (Å²) in [5.74, 6) is 1.12. The van der Waals surface area contributed by atoms with Crippen LogP contribution >= 0.6 is 0 Å². The van der Waals surface area contributed by atoms with Gasteiger partial charge in [-0.1, -0.05) is 27.7 Å². The molecule has 0 aromatic carbocycles. The minimum Gasteiger partial charge on any atom is -0.451 e. The lowest BCUT2D eigenvalue weighted by Crippen LogP contribution is -2.70. The molecule has 8 rings (SSSR count). The highest BCUT2D eigenvalue weighted by atomic mass is 16.7. The monoisotopic (exact) mass is 657 g/mol. The van der Waals surface area contributed by atoms with E-state index in [9.17, 15) is 15.3 Å². The second-order valence-corrected chi connectivity index (χ2v) is 18.4. The van der Waals surface area contributed by atoms with Crippen LogP contribution in [-0.2, 0) is 20.8 Å². The maximum Gasteiger partial charge on any atom is 0.180 e. The van der Waals surface area contributed by atoms with Gasteiger partial charge in [-0.3, -0.25) is 4.90 Å². The molecule has 10 nitrogen and oxygen atoms in total. The van der Waals surface area contributed by atoms with Crippen LogP contribution in [0.25, 0.3) is 0 Å². The molecule has 10 heteroatoms. The van der Waals surface area contributed by atoms with Crippen LogP contribution < -0.4 is 5.73 Å². The largest absolute Gasteiger partial charge is 0.451 e. The number of aliphatic hydroxyl groups excluding tert-OH is 2. The average molecular weight is 658 g/mol. The van der Waals surface area contributed by atoms with Gasteiger partial charge in [0.15, 0.2) is 12.7 Å². The minimum absolute atomic E-state index is 0.00660. The number of fused-ring (bicyclic) bond motifs is 4. The summed E-state index contributed by atoms with van der Waals surface area (Å²) in [6, 6.07) is 0. The quantitative estimate of drug-likeness (QED) is 0.356. The van der Waals surface area contributed by atoms with Crippen LogP contribution in [0.5, 0.6) is 0 Å². The number of oxazole rings is 1. The Morgan fingerprint density at radius 2 is 1.87 bits per heavy atom. The summed E-state index contributed by atoms with van der Waals surface area (Å²) in [5, 5.41) is 33.9. The Morgan fingerprint density at radius 1 is 1.13 bits per heavy atom. The normalized spacial score (nSPS) is 51.2. The van der Waals surface area contributed by atoms with Gasteiger partial charge in [0.05, 0.1) is 54.4 Å². The highest BCUT2D eigenvalue weighted by Gasteiger charge is 2.85. The van der Waals surface area contributed by atoms with Crippen molar-refractivity contribution >= 4 is 0 Å². The molecular weight excluding hydrogens is 598 g/mol. The second-order valence-electron chi connectivity index (χ2n) is 18.4. The van der Waals surface area contributed by atoms with Gasteiger partial charge in [0.1, 0.15) is 12.4 Å². The molecule has 7 fully saturated rings. The van der Waals surface area contributed by atoms with E-state index in [0.717, 1.165) is 63.9 Å². The van der Waals surface area contributed by atoms with Crippen molar-refractivity contribution in [2.24, 2.45) is 51.1 Å². The van der Waals surface area contributed by atoms with E-state index in [-0.39, 0.29) is 51.8 Å². The average Bonchev–Trinajstić information content (AvgIpc) is 3.30. The first-order valence-corrected chi connectivity index (χ1v) is 18.5. The number of nitrogens with two attached hydrogens (primary N) is 1. The molecule has 264 valence electrons. The zero-order valence-corrected chi connectivity index (χ0v) is 29.4. The molecular formula is C37H59N3O7. The highest BCUT2D eigenvalue weighted by molar-refractivity contribution is 5.35. The van der Waals surface area contributed by atoms with Gasteiger partial charge >= 0.3 is 0 Å². The Morgan fingerprint density at radius 3 is 2.60 bits per heavy atom. The van der Waals surface area contributed by atoms with Gasteiger partial charge in [-0.05, 0) is 111 Å². The molecule has 7 aliphatic rings. The van der Waals surface area contributed by atoms with E-state index in [1.807, 2.05) is 0 Å². The Hall–Kier alpha value is -1.11. The second kappa shape index (κ2) is 10.7. The molecule has 1 aromatic rings. The van der Waals surface area contributed by atoms with Crippen molar-refractivity contribution in [3.05, 3.63) is 18.4 Å². The first-order valence-electron chi connectivity index (χ1n) is 18.5. The molecule has 5 saturated carbocycles. The van der Waals surface area contributed by atoms with Gasteiger partial charge < -0.3 is 39.7 Å². The number of nitrogens with zero attached hydrogens (tertiary/aromatic N) is 2. The summed E-state index contributed by atoms with van der Waals surface area (Å²) in [5.41, 5.74) is 6.76. The first kappa shape index (κ1) is 33.1. The van der Waals surface area contributed by atoms with Crippen molar-refractivity contribution in [3.63, 3.8) is 0 Å². The molecule has 0 bridgehead atoms. The van der Waals surface area contributed by atoms with E-state index in [2.05, 4.69) is 37.6 Å². The van der Waals surface area contributed by atoms with Crippen molar-refractivity contribution in [2.45, 2.75) is 147 Å². The van der Waals surface area contributed by atoms with E-state index in [1.54, 1.807) is 20.1 Å². The molecule has 2 spiro atoms. The third kappa shape index (κ3) is 4.47. The summed E-state index contributed by atoms with van der Waals surface area (Å²) in [4.78, 5) is 6.64. The molecule has 1 aromatic heterocycles. The number of hydrogen-bond acceptors (Lipinski definition) is 10. The van der Waals surface area contributed by atoms with Gasteiger partial charge in [-0.15, -0.1) is 0 Å². The van der Waals surface area contributed by atoms with Crippen molar-refractivity contribution < 1.29 is 33.9 Å². The highest BCUT2D eigenvalue weighted by Crippen LogP contribution is 2.87. The molecule has 47 heavy (non-hydrogen) atoms. The standard InChI is InChI=1S/C37H59N3O7/c1-21-15-23(30(41)33(4,5)43)46-29-28(21)34(6)11-12-36-19-35(36)10-9-26(32(2,3)24(35)7-8-25(36)37(34,38)31(29)42)47-27-17-40(13-14-45-27)16-22-18-44-20-39-22/h18,20-21,23-31,41-43H,7-17,19,38H2,1-6H3/t21-,23?,24+,25?,26+,27?,28+,29?,30+,31+,34?,35?,36?,37+/m1/s1. The van der Waals surface area contributed by atoms with Crippen molar-refractivity contribution in [1.29, 1.82) is 0 Å². The molecule has 0 amide bonds. The van der Waals surface area contributed by atoms with Crippen LogP contribution in [0.4, 0.5) is 0 Å². The number of rotatable bonds is 6. The third-order valence-corrected chi connectivity index (χ3v) is 15.6. The van der Waals surface area contributed by atoms with Crippen LogP contribution in [0.15, 0.2) is 17.1 Å². The Kier molecular flexibility index (Phi) is 7.53. The predicted octanol–water partition coefficient (Wildman–Crippen LogP) is 3.85. The lowest BCUT2D eigenvalue weighted by molar-refractivity contribution is -0.247. The summed E-state index contributed by atoms with van der Waals surface area (Å²) >= 11 is 0. The van der Waals surface area contributed by atoms with E-state index in [4.69, 9.17) is 24.4 Å². The Bertz CT molecular complexity index is 1340. The van der Waals surface area contributed by atoms with Crippen molar-refractivity contribution in [2.75, 3.05) is 19.7 Å². The fourth-order valence-corrected chi connectivity index (χ4v) is 13.5. The Labute approximate surface area is 280 Å². The van der Waals surface area contributed by atoms with Gasteiger partial charge in [-0.2, -0.15) is 0 Å². The molecule has 5 N–H and O–H groups in total. The molecule has 2 saturated heterocycles. The third-order valence-electron chi connectivity index (χ3n) is 15.6. The predicted molar refractivity (Wildman–Crippen MR) is 174 cm³/mol. The zero-order valence-electron chi connectivity index (χ0n) is 29.4. The summed E-state index contributed by atoms with van der Waals surface area (Å²) in [6.07, 6.45) is 8.56.